The van der Waals surface area contributed by atoms with Crippen LogP contribution in [0.1, 0.15) is 26.2 Å². The van der Waals surface area contributed by atoms with Crippen molar-refractivity contribution in [3.05, 3.63) is 0 Å². The lowest BCUT2D eigenvalue weighted by Crippen LogP contribution is -2.46. The summed E-state index contributed by atoms with van der Waals surface area (Å²) in [6.45, 7) is 3.83. The Morgan fingerprint density at radius 1 is 1.64 bits per heavy atom. The van der Waals surface area contributed by atoms with E-state index in [2.05, 4.69) is 6.92 Å². The molecule has 0 radical (unpaired) electrons. The van der Waals surface area contributed by atoms with Crippen molar-refractivity contribution in [3.63, 3.8) is 0 Å². The van der Waals surface area contributed by atoms with E-state index in [-0.39, 0.29) is 6.10 Å². The standard InChI is InChI=1S/C8H18N2O/c1-2-3-7-6-10(9)5-4-8(7)11/h7-8,11H,2-6,9H2,1H3. The molecule has 1 aliphatic rings. The molecule has 3 heteroatoms. The second kappa shape index (κ2) is 4.04. The van der Waals surface area contributed by atoms with E-state index in [0.717, 1.165) is 32.4 Å². The van der Waals surface area contributed by atoms with Gasteiger partial charge in [-0.1, -0.05) is 13.3 Å². The third kappa shape index (κ3) is 2.43. The molecule has 0 saturated carbocycles. The molecule has 0 aliphatic carbocycles. The van der Waals surface area contributed by atoms with Crippen molar-refractivity contribution < 1.29 is 5.11 Å². The van der Waals surface area contributed by atoms with Crippen molar-refractivity contribution in [1.82, 2.24) is 5.01 Å². The Bertz CT molecular complexity index is 119. The first kappa shape index (κ1) is 8.97. The average molecular weight is 158 g/mol. The maximum Gasteiger partial charge on any atom is 0.0593 e. The van der Waals surface area contributed by atoms with Crippen LogP contribution in [0.25, 0.3) is 0 Å². The molecule has 1 heterocycles. The number of aliphatic hydroxyl groups excluding tert-OH is 1. The molecule has 2 unspecified atom stereocenters. The number of rotatable bonds is 2. The van der Waals surface area contributed by atoms with Gasteiger partial charge in [0, 0.05) is 13.1 Å². The van der Waals surface area contributed by atoms with Crippen LogP contribution in [0.4, 0.5) is 0 Å². The molecular formula is C8H18N2O. The fourth-order valence-electron chi connectivity index (χ4n) is 1.70. The van der Waals surface area contributed by atoms with E-state index < -0.39 is 0 Å². The van der Waals surface area contributed by atoms with E-state index in [1.54, 1.807) is 0 Å². The Morgan fingerprint density at radius 3 is 3.00 bits per heavy atom. The molecule has 1 rings (SSSR count). The van der Waals surface area contributed by atoms with Gasteiger partial charge >= 0.3 is 0 Å². The van der Waals surface area contributed by atoms with Crippen LogP contribution in [0.5, 0.6) is 0 Å². The van der Waals surface area contributed by atoms with Gasteiger partial charge in [0.1, 0.15) is 0 Å². The number of hydrogen-bond acceptors (Lipinski definition) is 3. The molecule has 0 aromatic rings. The summed E-state index contributed by atoms with van der Waals surface area (Å²) in [4.78, 5) is 0. The van der Waals surface area contributed by atoms with Crippen molar-refractivity contribution in [1.29, 1.82) is 0 Å². The van der Waals surface area contributed by atoms with Gasteiger partial charge in [-0.15, -0.1) is 0 Å². The van der Waals surface area contributed by atoms with Crippen molar-refractivity contribution in [2.75, 3.05) is 13.1 Å². The molecule has 3 nitrogen and oxygen atoms in total. The van der Waals surface area contributed by atoms with Crippen molar-refractivity contribution in [2.24, 2.45) is 11.8 Å². The van der Waals surface area contributed by atoms with Crippen LogP contribution < -0.4 is 5.84 Å². The highest BCUT2D eigenvalue weighted by Crippen LogP contribution is 2.19. The third-order valence-corrected chi connectivity index (χ3v) is 2.38. The molecule has 2 atom stereocenters. The van der Waals surface area contributed by atoms with Crippen molar-refractivity contribution in [3.8, 4) is 0 Å². The van der Waals surface area contributed by atoms with E-state index in [9.17, 15) is 5.11 Å². The summed E-state index contributed by atoms with van der Waals surface area (Å²) in [6.07, 6.45) is 2.95. The largest absolute Gasteiger partial charge is 0.393 e. The number of aliphatic hydroxyl groups is 1. The van der Waals surface area contributed by atoms with E-state index in [1.165, 1.54) is 0 Å². The number of hydrogen-bond donors (Lipinski definition) is 2. The molecule has 1 aliphatic heterocycles. The smallest absolute Gasteiger partial charge is 0.0593 e. The minimum absolute atomic E-state index is 0.116. The van der Waals surface area contributed by atoms with E-state index in [4.69, 9.17) is 5.84 Å². The minimum atomic E-state index is -0.116. The quantitative estimate of drug-likeness (QED) is 0.570. The number of hydrazine groups is 1. The number of piperidine rings is 1. The van der Waals surface area contributed by atoms with E-state index in [0.29, 0.717) is 5.92 Å². The summed E-state index contributed by atoms with van der Waals surface area (Å²) in [7, 11) is 0. The Balaban J connectivity index is 2.34. The Morgan fingerprint density at radius 2 is 2.36 bits per heavy atom. The van der Waals surface area contributed by atoms with E-state index >= 15 is 0 Å². The Kier molecular flexibility index (Phi) is 3.30. The molecular weight excluding hydrogens is 140 g/mol. The van der Waals surface area contributed by atoms with Crippen LogP contribution in [0, 0.1) is 5.92 Å². The van der Waals surface area contributed by atoms with Gasteiger partial charge in [-0.25, -0.2) is 5.01 Å². The highest BCUT2D eigenvalue weighted by atomic mass is 16.3. The fourth-order valence-corrected chi connectivity index (χ4v) is 1.70. The lowest BCUT2D eigenvalue weighted by Gasteiger charge is -2.33. The molecule has 66 valence electrons. The summed E-state index contributed by atoms with van der Waals surface area (Å²) in [5.74, 6) is 6.04. The minimum Gasteiger partial charge on any atom is -0.393 e. The Labute approximate surface area is 68.2 Å². The zero-order valence-electron chi connectivity index (χ0n) is 7.16. The summed E-state index contributed by atoms with van der Waals surface area (Å²) in [5, 5.41) is 11.3. The normalized spacial score (nSPS) is 34.1. The predicted molar refractivity (Wildman–Crippen MR) is 44.8 cm³/mol. The van der Waals surface area contributed by atoms with Crippen molar-refractivity contribution >= 4 is 0 Å². The molecule has 3 N–H and O–H groups in total. The van der Waals surface area contributed by atoms with Crippen LogP contribution in [-0.2, 0) is 0 Å². The highest BCUT2D eigenvalue weighted by molar-refractivity contribution is 4.76. The van der Waals surface area contributed by atoms with Gasteiger partial charge < -0.3 is 5.11 Å². The topological polar surface area (TPSA) is 49.5 Å². The van der Waals surface area contributed by atoms with Crippen LogP contribution in [0.2, 0.25) is 0 Å². The number of nitrogens with two attached hydrogens (primary N) is 1. The Hall–Kier alpha value is -0.120. The highest BCUT2D eigenvalue weighted by Gasteiger charge is 2.24. The second-order valence-electron chi connectivity index (χ2n) is 3.40. The first-order valence-corrected chi connectivity index (χ1v) is 4.41. The fraction of sp³-hybridized carbons (Fsp3) is 1.00. The predicted octanol–water partition coefficient (Wildman–Crippen LogP) is 0.343. The summed E-state index contributed by atoms with van der Waals surface area (Å²) >= 11 is 0. The van der Waals surface area contributed by atoms with E-state index in [1.807, 2.05) is 5.01 Å². The number of nitrogens with zero attached hydrogens (tertiary/aromatic N) is 1. The molecule has 0 spiro atoms. The first-order valence-electron chi connectivity index (χ1n) is 4.41. The molecule has 0 aromatic heterocycles. The van der Waals surface area contributed by atoms with Gasteiger partial charge in [0.25, 0.3) is 0 Å². The molecule has 1 fully saturated rings. The van der Waals surface area contributed by atoms with Gasteiger partial charge in [0.2, 0.25) is 0 Å². The SMILES string of the molecule is CCCC1CN(N)CCC1O. The summed E-state index contributed by atoms with van der Waals surface area (Å²) in [5.41, 5.74) is 0. The van der Waals surface area contributed by atoms with Crippen LogP contribution in [-0.4, -0.2) is 29.3 Å². The van der Waals surface area contributed by atoms with Crippen LogP contribution in [0.3, 0.4) is 0 Å². The zero-order valence-corrected chi connectivity index (χ0v) is 7.16. The zero-order chi connectivity index (χ0) is 8.27. The van der Waals surface area contributed by atoms with Gasteiger partial charge in [-0.2, -0.15) is 0 Å². The molecule has 11 heavy (non-hydrogen) atoms. The molecule has 1 saturated heterocycles. The van der Waals surface area contributed by atoms with Gasteiger partial charge in [-0.05, 0) is 18.8 Å². The maximum absolute atomic E-state index is 9.54. The molecule has 0 bridgehead atoms. The third-order valence-electron chi connectivity index (χ3n) is 2.38. The molecule has 0 amide bonds. The van der Waals surface area contributed by atoms with Crippen LogP contribution in [0.15, 0.2) is 0 Å². The lowest BCUT2D eigenvalue weighted by atomic mass is 9.92. The van der Waals surface area contributed by atoms with Gasteiger partial charge in [0.15, 0.2) is 0 Å². The van der Waals surface area contributed by atoms with Crippen molar-refractivity contribution in [2.45, 2.75) is 32.3 Å². The second-order valence-corrected chi connectivity index (χ2v) is 3.40. The average Bonchev–Trinajstić information content (AvgIpc) is 1.98. The van der Waals surface area contributed by atoms with Gasteiger partial charge in [0.05, 0.1) is 6.10 Å². The monoisotopic (exact) mass is 158 g/mol. The van der Waals surface area contributed by atoms with Crippen LogP contribution >= 0.6 is 0 Å². The summed E-state index contributed by atoms with van der Waals surface area (Å²) < 4.78 is 0. The summed E-state index contributed by atoms with van der Waals surface area (Å²) in [6, 6.07) is 0. The lowest BCUT2D eigenvalue weighted by molar-refractivity contribution is 0.0225. The maximum atomic E-state index is 9.54. The first-order chi connectivity index (χ1) is 5.24. The molecule has 0 aromatic carbocycles. The van der Waals surface area contributed by atoms with Gasteiger partial charge in [-0.3, -0.25) is 5.84 Å².